The lowest BCUT2D eigenvalue weighted by Crippen LogP contribution is -2.35. The number of pyridine rings is 1. The zero-order valence-electron chi connectivity index (χ0n) is 14.7. The first-order chi connectivity index (χ1) is 12.1. The van der Waals surface area contributed by atoms with Gasteiger partial charge in [-0.05, 0) is 43.4 Å². The fourth-order valence-corrected chi connectivity index (χ4v) is 3.99. The van der Waals surface area contributed by atoms with E-state index in [0.717, 1.165) is 38.4 Å². The maximum absolute atomic E-state index is 12.3. The van der Waals surface area contributed by atoms with E-state index in [2.05, 4.69) is 37.5 Å². The van der Waals surface area contributed by atoms with Crippen LogP contribution in [0.4, 0.5) is 0 Å². The molecule has 2 aromatic heterocycles. The number of fused-ring (bicyclic) bond motifs is 2. The molecule has 1 fully saturated rings. The third-order valence-electron chi connectivity index (χ3n) is 5.12. The van der Waals surface area contributed by atoms with E-state index in [9.17, 15) is 4.79 Å². The van der Waals surface area contributed by atoms with Gasteiger partial charge in [0.1, 0.15) is 5.82 Å². The summed E-state index contributed by atoms with van der Waals surface area (Å²) in [6.07, 6.45) is 4.60. The molecule has 1 amide bonds. The van der Waals surface area contributed by atoms with Gasteiger partial charge in [-0.3, -0.25) is 14.7 Å². The summed E-state index contributed by atoms with van der Waals surface area (Å²) in [6, 6.07) is 4.25. The van der Waals surface area contributed by atoms with Gasteiger partial charge in [0, 0.05) is 51.0 Å². The summed E-state index contributed by atoms with van der Waals surface area (Å²) in [7, 11) is 0. The van der Waals surface area contributed by atoms with Gasteiger partial charge in [0.15, 0.2) is 0 Å². The van der Waals surface area contributed by atoms with Gasteiger partial charge >= 0.3 is 0 Å². The quantitative estimate of drug-likeness (QED) is 0.902. The second kappa shape index (κ2) is 6.55. The molecule has 0 aliphatic carbocycles. The fraction of sp³-hybridized carbons (Fsp3) is 0.556. The molecule has 4 rings (SSSR count). The normalized spacial score (nSPS) is 22.7. The van der Waals surface area contributed by atoms with Crippen LogP contribution in [0.1, 0.15) is 35.9 Å². The number of likely N-dealkylation sites (tertiary alicyclic amines) is 1. The first-order valence-electron chi connectivity index (χ1n) is 8.94. The van der Waals surface area contributed by atoms with Gasteiger partial charge in [-0.25, -0.2) is 0 Å². The Morgan fingerprint density at radius 1 is 1.20 bits per heavy atom. The Labute approximate surface area is 147 Å². The topological polar surface area (TPSA) is 75.9 Å². The minimum atomic E-state index is -0.126. The Balaban J connectivity index is 1.45. The molecular weight excluding hydrogens is 316 g/mol. The van der Waals surface area contributed by atoms with Crippen LogP contribution in [-0.2, 0) is 19.5 Å². The molecule has 2 atom stereocenters. The van der Waals surface area contributed by atoms with Crippen LogP contribution in [0.25, 0.3) is 0 Å². The lowest BCUT2D eigenvalue weighted by Gasteiger charge is -2.25. The maximum atomic E-state index is 12.3. The van der Waals surface area contributed by atoms with Gasteiger partial charge < -0.3 is 9.88 Å². The van der Waals surface area contributed by atoms with E-state index in [1.807, 2.05) is 30.8 Å². The Hall–Kier alpha value is -2.28. The van der Waals surface area contributed by atoms with Gasteiger partial charge in [-0.2, -0.15) is 0 Å². The van der Waals surface area contributed by atoms with E-state index >= 15 is 0 Å². The number of nitrogens with zero attached hydrogens (tertiary/aromatic N) is 5. The second-order valence-electron chi connectivity index (χ2n) is 7.45. The van der Waals surface area contributed by atoms with E-state index in [0.29, 0.717) is 17.7 Å². The average molecular weight is 340 g/mol. The Morgan fingerprint density at radius 3 is 2.72 bits per heavy atom. The van der Waals surface area contributed by atoms with Gasteiger partial charge in [-0.15, -0.1) is 10.2 Å². The van der Waals surface area contributed by atoms with Gasteiger partial charge in [0.05, 0.1) is 0 Å². The molecule has 2 aliphatic rings. The molecule has 2 aliphatic heterocycles. The van der Waals surface area contributed by atoms with Crippen LogP contribution in [0.2, 0.25) is 0 Å². The highest BCUT2D eigenvalue weighted by molar-refractivity contribution is 5.90. The van der Waals surface area contributed by atoms with Crippen molar-refractivity contribution in [1.29, 1.82) is 0 Å². The zero-order chi connectivity index (χ0) is 17.4. The van der Waals surface area contributed by atoms with Crippen LogP contribution < -0.4 is 5.32 Å². The van der Waals surface area contributed by atoms with Gasteiger partial charge in [-0.1, -0.05) is 0 Å². The number of aromatic nitrogens is 4. The summed E-state index contributed by atoms with van der Waals surface area (Å²) < 4.78 is 2.02. The monoisotopic (exact) mass is 340 g/mol. The summed E-state index contributed by atoms with van der Waals surface area (Å²) in [4.78, 5) is 18.9. The highest BCUT2D eigenvalue weighted by Gasteiger charge is 2.39. The van der Waals surface area contributed by atoms with Crippen molar-refractivity contribution in [3.63, 3.8) is 0 Å². The molecule has 0 spiro atoms. The Bertz CT molecular complexity index is 756. The predicted molar refractivity (Wildman–Crippen MR) is 92.8 cm³/mol. The van der Waals surface area contributed by atoms with Crippen molar-refractivity contribution in [2.24, 2.45) is 11.8 Å². The minimum Gasteiger partial charge on any atom is -0.347 e. The van der Waals surface area contributed by atoms with E-state index in [1.54, 1.807) is 0 Å². The third-order valence-corrected chi connectivity index (χ3v) is 5.12. The predicted octanol–water partition coefficient (Wildman–Crippen LogP) is 1.12. The summed E-state index contributed by atoms with van der Waals surface area (Å²) in [5.74, 6) is 2.42. The highest BCUT2D eigenvalue weighted by Crippen LogP contribution is 2.33. The zero-order valence-corrected chi connectivity index (χ0v) is 14.7. The van der Waals surface area contributed by atoms with Gasteiger partial charge in [0.2, 0.25) is 5.82 Å². The highest BCUT2D eigenvalue weighted by atomic mass is 16.2. The van der Waals surface area contributed by atoms with Crippen molar-refractivity contribution in [3.05, 3.63) is 41.7 Å². The number of amides is 1. The number of hydrogen-bond acceptors (Lipinski definition) is 5. The lowest BCUT2D eigenvalue weighted by atomic mass is 9.89. The van der Waals surface area contributed by atoms with E-state index in [1.165, 1.54) is 5.56 Å². The summed E-state index contributed by atoms with van der Waals surface area (Å²) >= 11 is 0. The van der Waals surface area contributed by atoms with Crippen molar-refractivity contribution in [2.75, 3.05) is 13.1 Å². The van der Waals surface area contributed by atoms with Gasteiger partial charge in [0.25, 0.3) is 5.91 Å². The van der Waals surface area contributed by atoms with Crippen molar-refractivity contribution in [2.45, 2.75) is 39.4 Å². The standard InChI is InChI=1S/C18H24N6O/c1-12(2)20-18(25)17-22-21-16-7-14-9-23(10-15(14)11-24(16)17)8-13-3-5-19-6-4-13/h3-6,12,14-15H,7-11H2,1-2H3,(H,20,25)/t14-,15+/m0/s1. The number of rotatable bonds is 4. The number of nitrogens with one attached hydrogen (secondary N) is 1. The molecule has 1 saturated heterocycles. The molecule has 7 heteroatoms. The lowest BCUT2D eigenvalue weighted by molar-refractivity contribution is 0.0924. The number of hydrogen-bond donors (Lipinski definition) is 1. The third kappa shape index (κ3) is 3.28. The molecule has 0 aromatic carbocycles. The molecule has 2 aromatic rings. The molecule has 0 unspecified atom stereocenters. The molecule has 132 valence electrons. The molecule has 1 N–H and O–H groups in total. The van der Waals surface area contributed by atoms with Crippen molar-refractivity contribution >= 4 is 5.91 Å². The molecule has 0 saturated carbocycles. The summed E-state index contributed by atoms with van der Waals surface area (Å²) in [5, 5.41) is 11.3. The first-order valence-corrected chi connectivity index (χ1v) is 8.94. The van der Waals surface area contributed by atoms with Crippen LogP contribution in [0.15, 0.2) is 24.5 Å². The molecule has 0 radical (unpaired) electrons. The van der Waals surface area contributed by atoms with Crippen molar-refractivity contribution in [1.82, 2.24) is 30.0 Å². The molecule has 0 bridgehead atoms. The second-order valence-corrected chi connectivity index (χ2v) is 7.45. The van der Waals surface area contributed by atoms with Crippen LogP contribution in [0.5, 0.6) is 0 Å². The number of carbonyl (C=O) groups is 1. The van der Waals surface area contributed by atoms with Crippen LogP contribution in [-0.4, -0.2) is 49.7 Å². The number of carbonyl (C=O) groups excluding carboxylic acids is 1. The molecule has 7 nitrogen and oxygen atoms in total. The van der Waals surface area contributed by atoms with Crippen LogP contribution in [0, 0.1) is 11.8 Å². The average Bonchev–Trinajstić information content (AvgIpc) is 3.15. The van der Waals surface area contributed by atoms with E-state index in [-0.39, 0.29) is 11.9 Å². The van der Waals surface area contributed by atoms with Crippen molar-refractivity contribution < 1.29 is 4.79 Å². The van der Waals surface area contributed by atoms with E-state index in [4.69, 9.17) is 0 Å². The first kappa shape index (κ1) is 16.2. The minimum absolute atomic E-state index is 0.0964. The largest absolute Gasteiger partial charge is 0.347 e. The molecule has 4 heterocycles. The fourth-order valence-electron chi connectivity index (χ4n) is 3.99. The van der Waals surface area contributed by atoms with Crippen LogP contribution in [0.3, 0.4) is 0 Å². The Morgan fingerprint density at radius 2 is 1.96 bits per heavy atom. The van der Waals surface area contributed by atoms with E-state index < -0.39 is 0 Å². The Kier molecular flexibility index (Phi) is 4.25. The van der Waals surface area contributed by atoms with Crippen LogP contribution >= 0.6 is 0 Å². The summed E-state index contributed by atoms with van der Waals surface area (Å²) in [5.41, 5.74) is 1.30. The SMILES string of the molecule is CC(C)NC(=O)c1nnc2n1C[C@H]1CN(Cc3ccncc3)C[C@@H]1C2. The molecular formula is C18H24N6O. The molecule has 25 heavy (non-hydrogen) atoms. The maximum Gasteiger partial charge on any atom is 0.289 e. The van der Waals surface area contributed by atoms with Crippen molar-refractivity contribution in [3.8, 4) is 0 Å². The smallest absolute Gasteiger partial charge is 0.289 e. The summed E-state index contributed by atoms with van der Waals surface area (Å²) in [6.45, 7) is 7.82.